The lowest BCUT2D eigenvalue weighted by atomic mass is 9.75. The third kappa shape index (κ3) is 2.38. The summed E-state index contributed by atoms with van der Waals surface area (Å²) < 4.78 is 11.0. The molecule has 2 aliphatic heterocycles. The number of nitrogens with zero attached hydrogens (tertiary/aromatic N) is 1. The number of fused-ring (bicyclic) bond motifs is 2. The normalized spacial score (nSPS) is 20.0. The molecule has 7 nitrogen and oxygen atoms in total. The summed E-state index contributed by atoms with van der Waals surface area (Å²) in [4.78, 5) is 24.1. The molecule has 2 aromatic rings. The summed E-state index contributed by atoms with van der Waals surface area (Å²) in [6, 6.07) is 10.3. The number of benzene rings is 2. The van der Waals surface area contributed by atoms with E-state index in [0.29, 0.717) is 29.1 Å². The van der Waals surface area contributed by atoms with E-state index >= 15 is 0 Å². The van der Waals surface area contributed by atoms with Gasteiger partial charge in [-0.25, -0.2) is 0 Å². The molecular weight excluding hydrogens is 348 g/mol. The van der Waals surface area contributed by atoms with Crippen molar-refractivity contribution in [1.82, 2.24) is 0 Å². The Morgan fingerprint density at radius 3 is 2.67 bits per heavy atom. The summed E-state index contributed by atoms with van der Waals surface area (Å²) in [5, 5.41) is 15.0. The van der Waals surface area contributed by atoms with Crippen LogP contribution in [0.2, 0.25) is 0 Å². The fourth-order valence-electron chi connectivity index (χ4n) is 4.17. The maximum atomic E-state index is 12.8. The van der Waals surface area contributed by atoms with Gasteiger partial charge in [0.1, 0.15) is 0 Å². The smallest absolute Gasteiger partial charge is 0.273 e. The number of rotatable bonds is 2. The van der Waals surface area contributed by atoms with Crippen molar-refractivity contribution in [2.75, 3.05) is 12.1 Å². The van der Waals surface area contributed by atoms with Gasteiger partial charge in [0.25, 0.3) is 5.69 Å². The molecule has 2 heterocycles. The van der Waals surface area contributed by atoms with Gasteiger partial charge in [-0.15, -0.1) is 0 Å². The molecule has 5 rings (SSSR count). The molecule has 0 aromatic heterocycles. The van der Waals surface area contributed by atoms with Crippen molar-refractivity contribution < 1.29 is 19.2 Å². The second-order valence-corrected chi connectivity index (χ2v) is 6.84. The van der Waals surface area contributed by atoms with Crippen molar-refractivity contribution >= 4 is 17.2 Å². The van der Waals surface area contributed by atoms with Gasteiger partial charge in [0.2, 0.25) is 6.79 Å². The fourth-order valence-corrected chi connectivity index (χ4v) is 4.17. The molecule has 1 N–H and O–H groups in total. The second kappa shape index (κ2) is 5.84. The monoisotopic (exact) mass is 364 g/mol. The Labute approximate surface area is 154 Å². The fraction of sp³-hybridized carbons (Fsp3) is 0.250. The number of para-hydroxylation sites is 1. The molecule has 0 unspecified atom stereocenters. The van der Waals surface area contributed by atoms with Gasteiger partial charge < -0.3 is 14.8 Å². The number of hydrogen-bond donors (Lipinski definition) is 1. The van der Waals surface area contributed by atoms with Crippen LogP contribution in [0.25, 0.3) is 0 Å². The number of carbonyl (C=O) groups is 1. The van der Waals surface area contributed by atoms with Gasteiger partial charge in [0.05, 0.1) is 4.92 Å². The summed E-state index contributed by atoms with van der Waals surface area (Å²) in [7, 11) is 0. The van der Waals surface area contributed by atoms with E-state index in [1.165, 1.54) is 6.07 Å². The topological polar surface area (TPSA) is 90.7 Å². The summed E-state index contributed by atoms with van der Waals surface area (Å²) in [6.45, 7) is 0.139. The average Bonchev–Trinajstić information content (AvgIpc) is 3.12. The van der Waals surface area contributed by atoms with E-state index in [-0.39, 0.29) is 18.3 Å². The maximum absolute atomic E-state index is 12.8. The first-order valence-corrected chi connectivity index (χ1v) is 8.83. The van der Waals surface area contributed by atoms with E-state index in [1.54, 1.807) is 18.2 Å². The number of hydrogen-bond acceptors (Lipinski definition) is 6. The number of nitro benzene ring substituents is 1. The highest BCUT2D eigenvalue weighted by Crippen LogP contribution is 2.50. The highest BCUT2D eigenvalue weighted by Gasteiger charge is 2.39. The Hall–Kier alpha value is -3.35. The van der Waals surface area contributed by atoms with Crippen LogP contribution in [0.15, 0.2) is 47.7 Å². The molecule has 0 spiro atoms. The Morgan fingerprint density at radius 2 is 1.85 bits per heavy atom. The zero-order chi connectivity index (χ0) is 18.5. The Morgan fingerprint density at radius 1 is 1.07 bits per heavy atom. The molecule has 0 amide bonds. The lowest BCUT2D eigenvalue weighted by Gasteiger charge is -2.34. The molecule has 1 aliphatic carbocycles. The van der Waals surface area contributed by atoms with Gasteiger partial charge in [0.15, 0.2) is 17.3 Å². The van der Waals surface area contributed by atoms with E-state index in [9.17, 15) is 14.9 Å². The van der Waals surface area contributed by atoms with Gasteiger partial charge in [-0.3, -0.25) is 14.9 Å². The van der Waals surface area contributed by atoms with Crippen LogP contribution in [0.4, 0.5) is 11.4 Å². The molecule has 0 radical (unpaired) electrons. The minimum atomic E-state index is -0.500. The SMILES string of the molecule is O=C1CCCC2=C1[C@H](c1ccccc1[N+](=O)[O-])c1cc3c(cc1N2)OCO3. The molecular formula is C20H16N2O5. The minimum absolute atomic E-state index is 0.0123. The molecule has 136 valence electrons. The first-order valence-electron chi connectivity index (χ1n) is 8.83. The number of nitro groups is 1. The zero-order valence-corrected chi connectivity index (χ0v) is 14.4. The zero-order valence-electron chi connectivity index (χ0n) is 14.4. The second-order valence-electron chi connectivity index (χ2n) is 6.84. The number of carbonyl (C=O) groups excluding carboxylic acids is 1. The lowest BCUT2D eigenvalue weighted by molar-refractivity contribution is -0.385. The van der Waals surface area contributed by atoms with Crippen molar-refractivity contribution in [2.24, 2.45) is 0 Å². The standard InChI is InChI=1S/C20H16N2O5/c23-16-7-3-5-13-20(16)19(11-4-1-2-6-15(11)22(24)25)12-8-17-18(27-10-26-17)9-14(12)21-13/h1-2,4,6,8-9,19,21H,3,5,7,10H2/t19-/m1/s1. The first-order chi connectivity index (χ1) is 13.1. The molecule has 1 atom stereocenters. The summed E-state index contributed by atoms with van der Waals surface area (Å²) in [6.07, 6.45) is 1.97. The highest BCUT2D eigenvalue weighted by molar-refractivity contribution is 6.01. The summed E-state index contributed by atoms with van der Waals surface area (Å²) >= 11 is 0. The van der Waals surface area contributed by atoms with Gasteiger partial charge in [-0.2, -0.15) is 0 Å². The van der Waals surface area contributed by atoms with Crippen LogP contribution in [0, 0.1) is 10.1 Å². The van der Waals surface area contributed by atoms with Crippen LogP contribution in [0.5, 0.6) is 11.5 Å². The molecule has 3 aliphatic rings. The van der Waals surface area contributed by atoms with E-state index in [1.807, 2.05) is 12.1 Å². The molecule has 0 bridgehead atoms. The van der Waals surface area contributed by atoms with E-state index in [2.05, 4.69) is 5.32 Å². The van der Waals surface area contributed by atoms with Crippen molar-refractivity contribution in [3.8, 4) is 11.5 Å². The van der Waals surface area contributed by atoms with Gasteiger partial charge in [0, 0.05) is 47.0 Å². The molecule has 2 aromatic carbocycles. The highest BCUT2D eigenvalue weighted by atomic mass is 16.7. The van der Waals surface area contributed by atoms with Crippen LogP contribution in [-0.4, -0.2) is 17.5 Å². The van der Waals surface area contributed by atoms with E-state index < -0.39 is 10.8 Å². The molecule has 7 heteroatoms. The number of ketones is 1. The molecule has 0 fully saturated rings. The van der Waals surface area contributed by atoms with Gasteiger partial charge in [-0.1, -0.05) is 18.2 Å². The van der Waals surface area contributed by atoms with Crippen LogP contribution in [-0.2, 0) is 4.79 Å². The molecule has 27 heavy (non-hydrogen) atoms. The third-order valence-electron chi connectivity index (χ3n) is 5.33. The summed E-state index contributed by atoms with van der Waals surface area (Å²) in [5.41, 5.74) is 3.60. The van der Waals surface area contributed by atoms with Crippen LogP contribution >= 0.6 is 0 Å². The van der Waals surface area contributed by atoms with Gasteiger partial charge in [-0.05, 0) is 24.5 Å². The summed E-state index contributed by atoms with van der Waals surface area (Å²) in [5.74, 6) is 0.760. The Kier molecular flexibility index (Phi) is 3.43. The number of ether oxygens (including phenoxy) is 2. The largest absolute Gasteiger partial charge is 0.454 e. The van der Waals surface area contributed by atoms with Crippen molar-refractivity contribution in [2.45, 2.75) is 25.2 Å². The molecule has 0 saturated carbocycles. The number of allylic oxidation sites excluding steroid dienone is 2. The quantitative estimate of drug-likeness (QED) is 0.642. The third-order valence-corrected chi connectivity index (χ3v) is 5.33. The number of anilines is 1. The lowest BCUT2D eigenvalue weighted by Crippen LogP contribution is -2.27. The van der Waals surface area contributed by atoms with Crippen molar-refractivity contribution in [3.63, 3.8) is 0 Å². The Bertz CT molecular complexity index is 1030. The van der Waals surface area contributed by atoms with Crippen molar-refractivity contribution in [1.29, 1.82) is 0 Å². The Balaban J connectivity index is 1.78. The van der Waals surface area contributed by atoms with Crippen LogP contribution in [0.3, 0.4) is 0 Å². The number of nitrogens with one attached hydrogen (secondary N) is 1. The maximum Gasteiger partial charge on any atom is 0.273 e. The predicted octanol–water partition coefficient (Wildman–Crippen LogP) is 3.89. The van der Waals surface area contributed by atoms with Crippen molar-refractivity contribution in [3.05, 3.63) is 68.9 Å². The van der Waals surface area contributed by atoms with Crippen LogP contribution in [0.1, 0.15) is 36.3 Å². The minimum Gasteiger partial charge on any atom is -0.454 e. The van der Waals surface area contributed by atoms with E-state index in [4.69, 9.17) is 9.47 Å². The molecule has 0 saturated heterocycles. The average molecular weight is 364 g/mol. The van der Waals surface area contributed by atoms with Crippen LogP contribution < -0.4 is 14.8 Å². The van der Waals surface area contributed by atoms with Gasteiger partial charge >= 0.3 is 0 Å². The predicted molar refractivity (Wildman–Crippen MR) is 97.0 cm³/mol. The number of Topliss-reactive ketones (excluding diaryl/α,β-unsaturated/α-hetero) is 1. The van der Waals surface area contributed by atoms with E-state index in [0.717, 1.165) is 29.8 Å². The first kappa shape index (κ1) is 15.9.